The van der Waals surface area contributed by atoms with E-state index in [1.807, 2.05) is 0 Å². The Morgan fingerprint density at radius 2 is 1.90 bits per heavy atom. The van der Waals surface area contributed by atoms with Gasteiger partial charge in [0.25, 0.3) is 0 Å². The third-order valence-electron chi connectivity index (χ3n) is 4.97. The predicted molar refractivity (Wildman–Crippen MR) is 110 cm³/mol. The summed E-state index contributed by atoms with van der Waals surface area (Å²) in [7, 11) is 0. The number of piperazine rings is 1. The Bertz CT molecular complexity index is 927. The number of Topliss-reactive ketones (excluding diaryl/α,β-unsaturated/α-hetero) is 1. The number of carbonyl (C=O) groups is 3. The molecule has 0 saturated carbocycles. The third-order valence-corrected chi connectivity index (χ3v) is 4.97. The summed E-state index contributed by atoms with van der Waals surface area (Å²) in [6.45, 7) is 6.34. The summed E-state index contributed by atoms with van der Waals surface area (Å²) in [6.07, 6.45) is 1.89. The van der Waals surface area contributed by atoms with Crippen LogP contribution in [0.3, 0.4) is 0 Å². The molecule has 1 aromatic carbocycles. The molecule has 1 N–H and O–H groups in total. The number of anilines is 2. The summed E-state index contributed by atoms with van der Waals surface area (Å²) in [5, 5.41) is 1.04. The van der Waals surface area contributed by atoms with Crippen LogP contribution in [0.15, 0.2) is 36.5 Å². The van der Waals surface area contributed by atoms with E-state index < -0.39 is 5.82 Å². The molecule has 1 fully saturated rings. The van der Waals surface area contributed by atoms with Crippen molar-refractivity contribution >= 4 is 29.5 Å². The van der Waals surface area contributed by atoms with Gasteiger partial charge in [-0.3, -0.25) is 29.7 Å². The second kappa shape index (κ2) is 9.45. The number of nitrogens with zero attached hydrogens (tertiary/aromatic N) is 4. The number of rotatable bonds is 7. The Labute approximate surface area is 174 Å². The number of pyridine rings is 1. The number of aromatic nitrogens is 1. The summed E-state index contributed by atoms with van der Waals surface area (Å²) in [5.74, 6) is -0.651. The molecule has 0 unspecified atom stereocenters. The fraction of sp³-hybridized carbons (Fsp3) is 0.333. The summed E-state index contributed by atoms with van der Waals surface area (Å²) in [4.78, 5) is 42.4. The molecular weight excluding hydrogens is 389 g/mol. The van der Waals surface area contributed by atoms with E-state index in [-0.39, 0.29) is 17.4 Å². The second-order valence-corrected chi connectivity index (χ2v) is 7.14. The zero-order chi connectivity index (χ0) is 21.7. The zero-order valence-electron chi connectivity index (χ0n) is 17.0. The van der Waals surface area contributed by atoms with Crippen molar-refractivity contribution in [3.05, 3.63) is 53.6 Å². The molecule has 0 radical (unpaired) electrons. The maximum Gasteiger partial charge on any atom is 0.232 e. The van der Waals surface area contributed by atoms with Crippen LogP contribution in [0.5, 0.6) is 0 Å². The van der Waals surface area contributed by atoms with Crippen molar-refractivity contribution < 1.29 is 18.8 Å². The van der Waals surface area contributed by atoms with E-state index in [2.05, 4.69) is 15.3 Å². The maximum absolute atomic E-state index is 14.4. The van der Waals surface area contributed by atoms with Gasteiger partial charge in [0.1, 0.15) is 17.2 Å². The van der Waals surface area contributed by atoms with Crippen LogP contribution in [-0.4, -0.2) is 59.1 Å². The van der Waals surface area contributed by atoms with Crippen molar-refractivity contribution in [2.45, 2.75) is 20.4 Å². The number of hydrogen-bond donors (Lipinski definition) is 1. The molecule has 1 aliphatic heterocycles. The number of hydrazine groups is 1. The quantitative estimate of drug-likeness (QED) is 0.425. The van der Waals surface area contributed by atoms with Crippen LogP contribution in [0.1, 0.15) is 29.9 Å². The Morgan fingerprint density at radius 3 is 2.47 bits per heavy atom. The first-order valence-electron chi connectivity index (χ1n) is 9.62. The number of halogens is 1. The maximum atomic E-state index is 14.4. The van der Waals surface area contributed by atoms with Crippen LogP contribution in [0.2, 0.25) is 0 Å². The first-order valence-corrected chi connectivity index (χ1v) is 9.62. The van der Waals surface area contributed by atoms with Gasteiger partial charge in [-0.25, -0.2) is 9.40 Å². The Hall–Kier alpha value is -3.33. The van der Waals surface area contributed by atoms with Gasteiger partial charge in [0.15, 0.2) is 5.78 Å². The lowest BCUT2D eigenvalue weighted by atomic mass is 10.1. The SMILES string of the molecule is CC(=O)c1ccc(NN(C=O)c2cc(CN3CCN(C(C)=O)CC3)ccc2F)cn1. The minimum absolute atomic E-state index is 0.0669. The van der Waals surface area contributed by atoms with E-state index in [1.54, 1.807) is 30.0 Å². The standard InChI is InChI=1S/C21H24FN5O3/c1-15(29)20-6-4-18(12-23-20)24-27(14-28)21-11-17(3-5-19(21)22)13-25-7-9-26(10-8-25)16(2)30/h3-6,11-12,14,24H,7-10,13H2,1-2H3. The van der Waals surface area contributed by atoms with Crippen LogP contribution < -0.4 is 10.4 Å². The van der Waals surface area contributed by atoms with Gasteiger partial charge >= 0.3 is 0 Å². The fourth-order valence-corrected chi connectivity index (χ4v) is 3.27. The van der Waals surface area contributed by atoms with Gasteiger partial charge in [-0.1, -0.05) is 6.07 Å². The van der Waals surface area contributed by atoms with Gasteiger partial charge in [0.2, 0.25) is 12.3 Å². The van der Waals surface area contributed by atoms with Crippen molar-refractivity contribution in [1.29, 1.82) is 0 Å². The molecule has 3 rings (SSSR count). The summed E-state index contributed by atoms with van der Waals surface area (Å²) in [6, 6.07) is 7.75. The van der Waals surface area contributed by atoms with Gasteiger partial charge in [0.05, 0.1) is 11.9 Å². The van der Waals surface area contributed by atoms with Gasteiger partial charge in [-0.05, 0) is 29.8 Å². The van der Waals surface area contributed by atoms with Crippen molar-refractivity contribution in [2.75, 3.05) is 36.6 Å². The van der Waals surface area contributed by atoms with E-state index in [4.69, 9.17) is 0 Å². The molecule has 8 nitrogen and oxygen atoms in total. The van der Waals surface area contributed by atoms with Crippen molar-refractivity contribution in [3.8, 4) is 0 Å². The molecule has 1 saturated heterocycles. The highest BCUT2D eigenvalue weighted by atomic mass is 19.1. The normalized spacial score (nSPS) is 14.3. The largest absolute Gasteiger partial charge is 0.340 e. The van der Waals surface area contributed by atoms with Crippen LogP contribution >= 0.6 is 0 Å². The average Bonchev–Trinajstić information content (AvgIpc) is 2.74. The van der Waals surface area contributed by atoms with Gasteiger partial charge in [-0.15, -0.1) is 0 Å². The molecule has 2 heterocycles. The van der Waals surface area contributed by atoms with Crippen molar-refractivity contribution in [2.24, 2.45) is 0 Å². The lowest BCUT2D eigenvalue weighted by molar-refractivity contribution is -0.130. The van der Waals surface area contributed by atoms with E-state index in [1.165, 1.54) is 25.3 Å². The summed E-state index contributed by atoms with van der Waals surface area (Å²) in [5.41, 5.74) is 4.47. The van der Waals surface area contributed by atoms with Crippen LogP contribution in [0.25, 0.3) is 0 Å². The van der Waals surface area contributed by atoms with Crippen molar-refractivity contribution in [1.82, 2.24) is 14.8 Å². The smallest absolute Gasteiger partial charge is 0.232 e. The minimum atomic E-state index is -0.548. The van der Waals surface area contributed by atoms with Crippen LogP contribution in [0.4, 0.5) is 15.8 Å². The minimum Gasteiger partial charge on any atom is -0.340 e. The number of nitrogens with one attached hydrogen (secondary N) is 1. The number of hydrogen-bond acceptors (Lipinski definition) is 6. The topological polar surface area (TPSA) is 85.9 Å². The molecule has 0 bridgehead atoms. The third kappa shape index (κ3) is 5.18. The average molecular weight is 413 g/mol. The lowest BCUT2D eigenvalue weighted by Crippen LogP contribution is -2.47. The molecule has 0 atom stereocenters. The van der Waals surface area contributed by atoms with Crippen LogP contribution in [0, 0.1) is 5.82 Å². The monoisotopic (exact) mass is 413 g/mol. The molecule has 0 aliphatic carbocycles. The molecule has 2 amide bonds. The van der Waals surface area contributed by atoms with E-state index in [0.717, 1.165) is 23.7 Å². The molecule has 30 heavy (non-hydrogen) atoms. The first-order chi connectivity index (χ1) is 14.4. The molecule has 9 heteroatoms. The number of amides is 2. The highest BCUT2D eigenvalue weighted by Gasteiger charge is 2.19. The lowest BCUT2D eigenvalue weighted by Gasteiger charge is -2.34. The summed E-state index contributed by atoms with van der Waals surface area (Å²) < 4.78 is 14.4. The van der Waals surface area contributed by atoms with E-state index in [9.17, 15) is 18.8 Å². The second-order valence-electron chi connectivity index (χ2n) is 7.14. The molecule has 1 aromatic heterocycles. The predicted octanol–water partition coefficient (Wildman–Crippen LogP) is 2.08. The van der Waals surface area contributed by atoms with Gasteiger partial charge < -0.3 is 4.90 Å². The molecule has 1 aliphatic rings. The molecule has 158 valence electrons. The molecule has 2 aromatic rings. The number of benzene rings is 1. The van der Waals surface area contributed by atoms with E-state index in [0.29, 0.717) is 37.4 Å². The molecular formula is C21H24FN5O3. The van der Waals surface area contributed by atoms with Crippen molar-refractivity contribution in [3.63, 3.8) is 0 Å². The Morgan fingerprint density at radius 1 is 1.17 bits per heavy atom. The number of carbonyl (C=O) groups excluding carboxylic acids is 3. The fourth-order valence-electron chi connectivity index (χ4n) is 3.27. The Kier molecular flexibility index (Phi) is 6.73. The number of ketones is 1. The highest BCUT2D eigenvalue weighted by molar-refractivity contribution is 5.92. The summed E-state index contributed by atoms with van der Waals surface area (Å²) >= 11 is 0. The highest BCUT2D eigenvalue weighted by Crippen LogP contribution is 2.22. The van der Waals surface area contributed by atoms with E-state index >= 15 is 0 Å². The first kappa shape index (κ1) is 21.4. The van der Waals surface area contributed by atoms with Crippen LogP contribution in [-0.2, 0) is 16.1 Å². The van der Waals surface area contributed by atoms with Gasteiger partial charge in [0, 0.05) is 46.6 Å². The zero-order valence-corrected chi connectivity index (χ0v) is 17.0. The molecule has 0 spiro atoms. The Balaban J connectivity index is 1.70. The van der Waals surface area contributed by atoms with Gasteiger partial charge in [-0.2, -0.15) is 0 Å².